The van der Waals surface area contributed by atoms with Gasteiger partial charge >= 0.3 is 5.97 Å². The van der Waals surface area contributed by atoms with Crippen molar-refractivity contribution in [3.63, 3.8) is 0 Å². The summed E-state index contributed by atoms with van der Waals surface area (Å²) in [6.45, 7) is -0.120. The number of nitriles is 1. The average molecular weight is 352 g/mol. The number of hydrogen-bond acceptors (Lipinski definition) is 6. The van der Waals surface area contributed by atoms with Gasteiger partial charge in [-0.25, -0.2) is 9.78 Å². The molecule has 0 saturated heterocycles. The van der Waals surface area contributed by atoms with Crippen LogP contribution in [0.25, 0.3) is 17.2 Å². The Kier molecular flexibility index (Phi) is 5.02. The molecule has 0 bridgehead atoms. The summed E-state index contributed by atoms with van der Waals surface area (Å²) in [4.78, 5) is 15.9. The molecule has 3 aromatic rings. The molecule has 0 saturated carbocycles. The van der Waals surface area contributed by atoms with E-state index in [-0.39, 0.29) is 16.7 Å². The molecule has 0 atom stereocenters. The number of benzene rings is 2. The molecule has 0 aliphatic carbocycles. The molecule has 0 amide bonds. The smallest absolute Gasteiger partial charge is 0.342 e. The number of aliphatic carboxylic acids is 1. The first-order valence-corrected chi connectivity index (χ1v) is 8.06. The van der Waals surface area contributed by atoms with Gasteiger partial charge in [0.2, 0.25) is 0 Å². The van der Waals surface area contributed by atoms with Crippen LogP contribution in [0.15, 0.2) is 63.1 Å². The summed E-state index contributed by atoms with van der Waals surface area (Å²) in [6.07, 6.45) is 1.47. The fourth-order valence-electron chi connectivity index (χ4n) is 2.11. The maximum Gasteiger partial charge on any atom is 0.342 e. The van der Waals surface area contributed by atoms with Gasteiger partial charge in [-0.3, -0.25) is 0 Å². The first-order valence-electron chi connectivity index (χ1n) is 7.24. The Morgan fingerprint density at radius 3 is 2.80 bits per heavy atom. The fourth-order valence-corrected chi connectivity index (χ4v) is 2.84. The third-order valence-electron chi connectivity index (χ3n) is 3.18. The highest BCUT2D eigenvalue weighted by Crippen LogP contribution is 2.32. The zero-order valence-electron chi connectivity index (χ0n) is 12.9. The summed E-state index contributed by atoms with van der Waals surface area (Å²) in [5, 5.41) is 18.4. The molecule has 0 unspecified atom stereocenters. The zero-order valence-corrected chi connectivity index (χ0v) is 13.7. The summed E-state index contributed by atoms with van der Waals surface area (Å²) in [5.41, 5.74) is 1.80. The Morgan fingerprint density at radius 1 is 1.28 bits per heavy atom. The van der Waals surface area contributed by atoms with Crippen molar-refractivity contribution >= 4 is 34.9 Å². The Bertz CT molecular complexity index is 955. The number of aromatic nitrogens is 1. The highest BCUT2D eigenvalue weighted by Gasteiger charge is 2.15. The Labute approximate surface area is 147 Å². The average Bonchev–Trinajstić information content (AvgIpc) is 3.02. The van der Waals surface area contributed by atoms with E-state index < -0.39 is 5.97 Å². The molecule has 6 nitrogen and oxygen atoms in total. The van der Waals surface area contributed by atoms with E-state index in [9.17, 15) is 9.90 Å². The largest absolute Gasteiger partial charge is 0.478 e. The number of rotatable bonds is 6. The van der Waals surface area contributed by atoms with Gasteiger partial charge in [0.1, 0.15) is 22.2 Å². The van der Waals surface area contributed by atoms with Crippen molar-refractivity contribution in [1.29, 1.82) is 5.26 Å². The van der Waals surface area contributed by atoms with Crippen molar-refractivity contribution in [3.05, 3.63) is 59.0 Å². The third-order valence-corrected chi connectivity index (χ3v) is 4.04. The van der Waals surface area contributed by atoms with Crippen LogP contribution in [0.5, 0.6) is 5.75 Å². The lowest BCUT2D eigenvalue weighted by Crippen LogP contribution is -1.99. The highest BCUT2D eigenvalue weighted by atomic mass is 32.2. The van der Waals surface area contributed by atoms with E-state index in [1.165, 1.54) is 6.08 Å². The van der Waals surface area contributed by atoms with Gasteiger partial charge in [0.25, 0.3) is 5.22 Å². The maximum atomic E-state index is 11.6. The monoisotopic (exact) mass is 352 g/mol. The van der Waals surface area contributed by atoms with Crippen molar-refractivity contribution in [1.82, 2.24) is 4.98 Å². The van der Waals surface area contributed by atoms with Crippen LogP contribution in [0.3, 0.4) is 0 Å². The summed E-state index contributed by atoms with van der Waals surface area (Å²) < 4.78 is 10.9. The molecule has 7 heteroatoms. The Balaban J connectivity index is 1.92. The van der Waals surface area contributed by atoms with E-state index in [4.69, 9.17) is 14.4 Å². The van der Waals surface area contributed by atoms with Crippen molar-refractivity contribution in [2.45, 2.75) is 5.22 Å². The number of fused-ring (bicyclic) bond motifs is 1. The van der Waals surface area contributed by atoms with Crippen molar-refractivity contribution < 1.29 is 19.1 Å². The number of carboxylic acid groups (broad SMARTS) is 1. The number of thioether (sulfide) groups is 1. The van der Waals surface area contributed by atoms with Crippen LogP contribution in [-0.2, 0) is 4.79 Å². The number of hydrogen-bond donors (Lipinski definition) is 1. The van der Waals surface area contributed by atoms with Crippen LogP contribution in [0, 0.1) is 11.3 Å². The quantitative estimate of drug-likeness (QED) is 0.530. The summed E-state index contributed by atoms with van der Waals surface area (Å²) in [5.74, 6) is -0.677. The summed E-state index contributed by atoms with van der Waals surface area (Å²) in [6, 6.07) is 16.0. The lowest BCUT2D eigenvalue weighted by atomic mass is 10.2. The number of ether oxygens (including phenoxy) is 1. The molecule has 0 spiro atoms. The highest BCUT2D eigenvalue weighted by molar-refractivity contribution is 8.03. The van der Waals surface area contributed by atoms with Crippen LogP contribution in [-0.4, -0.2) is 22.7 Å². The van der Waals surface area contributed by atoms with Crippen LogP contribution in [0.1, 0.15) is 5.56 Å². The van der Waals surface area contributed by atoms with E-state index in [0.717, 1.165) is 11.8 Å². The van der Waals surface area contributed by atoms with Gasteiger partial charge in [-0.2, -0.15) is 5.26 Å². The van der Waals surface area contributed by atoms with Crippen molar-refractivity contribution in [2.75, 3.05) is 6.61 Å². The molecular weight excluding hydrogens is 340 g/mol. The number of para-hydroxylation sites is 3. The number of oxazole rings is 1. The van der Waals surface area contributed by atoms with E-state index in [2.05, 4.69) is 4.98 Å². The number of carboxylic acids is 1. The lowest BCUT2D eigenvalue weighted by molar-refractivity contribution is -0.131. The topological polar surface area (TPSA) is 96.4 Å². The molecule has 0 radical (unpaired) electrons. The predicted octanol–water partition coefficient (Wildman–Crippen LogP) is 3.95. The first kappa shape index (κ1) is 16.6. The molecular formula is C18H12N2O4S. The second-order valence-corrected chi connectivity index (χ2v) is 5.84. The van der Waals surface area contributed by atoms with Gasteiger partial charge in [-0.15, -0.1) is 0 Å². The van der Waals surface area contributed by atoms with Gasteiger partial charge < -0.3 is 14.3 Å². The minimum absolute atomic E-state index is 0.0274. The SMILES string of the molecule is N#CCOc1ccccc1/C=C(\Sc1nc2ccccc2o1)C(=O)O. The van der Waals surface area contributed by atoms with Gasteiger partial charge in [0.05, 0.1) is 0 Å². The molecule has 2 aromatic carbocycles. The van der Waals surface area contributed by atoms with E-state index in [0.29, 0.717) is 22.4 Å². The summed E-state index contributed by atoms with van der Waals surface area (Å²) in [7, 11) is 0. The molecule has 0 aliphatic heterocycles. The van der Waals surface area contributed by atoms with E-state index in [1.54, 1.807) is 36.4 Å². The van der Waals surface area contributed by atoms with Gasteiger partial charge in [-0.1, -0.05) is 30.3 Å². The molecule has 124 valence electrons. The van der Waals surface area contributed by atoms with Gasteiger partial charge in [-0.05, 0) is 36.0 Å². The third kappa shape index (κ3) is 4.00. The van der Waals surface area contributed by atoms with Crippen LogP contribution >= 0.6 is 11.8 Å². The molecule has 25 heavy (non-hydrogen) atoms. The van der Waals surface area contributed by atoms with Crippen LogP contribution < -0.4 is 4.74 Å². The van der Waals surface area contributed by atoms with E-state index >= 15 is 0 Å². The second kappa shape index (κ2) is 7.55. The normalized spacial score (nSPS) is 11.2. The standard InChI is InChI=1S/C18H12N2O4S/c19-9-10-23-14-7-3-1-5-12(14)11-16(17(21)22)25-18-20-13-6-2-4-8-15(13)24-18/h1-8,11H,10H2,(H,21,22)/b16-11-. The minimum Gasteiger partial charge on any atom is -0.478 e. The van der Waals surface area contributed by atoms with E-state index in [1.807, 2.05) is 18.2 Å². The molecule has 0 aliphatic rings. The molecule has 3 rings (SSSR count). The molecule has 0 fully saturated rings. The van der Waals surface area contributed by atoms with Crippen LogP contribution in [0.2, 0.25) is 0 Å². The lowest BCUT2D eigenvalue weighted by Gasteiger charge is -2.06. The molecule has 1 N–H and O–H groups in total. The zero-order chi connectivity index (χ0) is 17.6. The summed E-state index contributed by atoms with van der Waals surface area (Å²) >= 11 is 0.913. The van der Waals surface area contributed by atoms with Gasteiger partial charge in [0.15, 0.2) is 12.2 Å². The van der Waals surface area contributed by atoms with Gasteiger partial charge in [0, 0.05) is 5.56 Å². The first-order chi connectivity index (χ1) is 12.2. The molecule has 1 heterocycles. The van der Waals surface area contributed by atoms with Crippen LogP contribution in [0.4, 0.5) is 0 Å². The number of nitrogens with zero attached hydrogens (tertiary/aromatic N) is 2. The maximum absolute atomic E-state index is 11.6. The Morgan fingerprint density at radius 2 is 2.04 bits per heavy atom. The number of carbonyl (C=O) groups is 1. The molecule has 1 aromatic heterocycles. The second-order valence-electron chi connectivity index (χ2n) is 4.85. The minimum atomic E-state index is -1.11. The van der Waals surface area contributed by atoms with Crippen molar-refractivity contribution in [2.24, 2.45) is 0 Å². The van der Waals surface area contributed by atoms with Crippen molar-refractivity contribution in [3.8, 4) is 11.8 Å². The predicted molar refractivity (Wildman–Crippen MR) is 93.0 cm³/mol. The Hall–Kier alpha value is -3.24. The fraction of sp³-hybridized carbons (Fsp3) is 0.0556.